The average Bonchev–Trinajstić information content (AvgIpc) is 2.30. The molecule has 0 aromatic rings. The number of hydrogen-bond donors (Lipinski definition) is 1. The van der Waals surface area contributed by atoms with Crippen LogP contribution in [0.4, 0.5) is 0 Å². The van der Waals surface area contributed by atoms with E-state index in [-0.39, 0.29) is 12.8 Å². The molecule has 68 valence electrons. The number of cyclic esters (lactones) is 1. The summed E-state index contributed by atoms with van der Waals surface area (Å²) in [7, 11) is 1.24. The van der Waals surface area contributed by atoms with Crippen LogP contribution in [0.5, 0.6) is 0 Å². The van der Waals surface area contributed by atoms with Crippen LogP contribution in [0.2, 0.25) is 0 Å². The molecule has 0 aliphatic carbocycles. The molecule has 2 atom stereocenters. The fraction of sp³-hybridized carbons (Fsp3) is 0.714. The van der Waals surface area contributed by atoms with Gasteiger partial charge in [-0.2, -0.15) is 0 Å². The fourth-order valence-corrected chi connectivity index (χ4v) is 1.02. The lowest BCUT2D eigenvalue weighted by Gasteiger charge is -2.10. The Morgan fingerprint density at radius 1 is 1.83 bits per heavy atom. The molecule has 1 aliphatic rings. The third-order valence-electron chi connectivity index (χ3n) is 1.68. The van der Waals surface area contributed by atoms with Gasteiger partial charge < -0.3 is 14.6 Å². The van der Waals surface area contributed by atoms with Crippen LogP contribution in [0, 0.1) is 0 Å². The third-order valence-corrected chi connectivity index (χ3v) is 1.68. The maximum Gasteiger partial charge on any atom is 0.309 e. The van der Waals surface area contributed by atoms with Crippen molar-refractivity contribution in [3.63, 3.8) is 0 Å². The Bertz CT molecular complexity index is 200. The van der Waals surface area contributed by atoms with Gasteiger partial charge in [0, 0.05) is 0 Å². The van der Waals surface area contributed by atoms with E-state index in [1.54, 1.807) is 0 Å². The fourth-order valence-electron chi connectivity index (χ4n) is 1.02. The van der Waals surface area contributed by atoms with E-state index >= 15 is 0 Å². The molecule has 0 saturated carbocycles. The van der Waals surface area contributed by atoms with E-state index in [9.17, 15) is 9.59 Å². The minimum atomic E-state index is -0.878. The van der Waals surface area contributed by atoms with Crippen molar-refractivity contribution in [3.05, 3.63) is 0 Å². The Morgan fingerprint density at radius 3 is 2.92 bits per heavy atom. The number of methoxy groups -OCH3 is 1. The van der Waals surface area contributed by atoms with E-state index < -0.39 is 24.1 Å². The Balaban J connectivity index is 2.42. The van der Waals surface area contributed by atoms with Gasteiger partial charge in [0.15, 0.2) is 0 Å². The molecule has 1 rings (SSSR count). The van der Waals surface area contributed by atoms with E-state index in [0.29, 0.717) is 0 Å². The van der Waals surface area contributed by atoms with Crippen LogP contribution in [0.1, 0.15) is 12.8 Å². The molecule has 1 saturated heterocycles. The van der Waals surface area contributed by atoms with Crippen molar-refractivity contribution >= 4 is 11.9 Å². The van der Waals surface area contributed by atoms with Crippen LogP contribution in [0.15, 0.2) is 0 Å². The molecule has 1 heterocycles. The number of rotatable bonds is 2. The highest BCUT2D eigenvalue weighted by molar-refractivity contribution is 5.75. The Morgan fingerprint density at radius 2 is 2.50 bits per heavy atom. The topological polar surface area (TPSA) is 72.8 Å². The van der Waals surface area contributed by atoms with Crippen LogP contribution in [0.25, 0.3) is 0 Å². The largest absolute Gasteiger partial charge is 0.469 e. The molecule has 5 nitrogen and oxygen atoms in total. The van der Waals surface area contributed by atoms with Crippen molar-refractivity contribution in [2.24, 2.45) is 0 Å². The lowest BCUT2D eigenvalue weighted by molar-refractivity contribution is -0.148. The van der Waals surface area contributed by atoms with E-state index in [1.807, 2.05) is 0 Å². The van der Waals surface area contributed by atoms with E-state index in [0.717, 1.165) is 0 Å². The summed E-state index contributed by atoms with van der Waals surface area (Å²) in [4.78, 5) is 21.3. The van der Waals surface area contributed by atoms with Gasteiger partial charge in [-0.05, 0) is 0 Å². The molecule has 12 heavy (non-hydrogen) atoms. The van der Waals surface area contributed by atoms with Gasteiger partial charge in [0.1, 0.15) is 12.2 Å². The van der Waals surface area contributed by atoms with Crippen LogP contribution < -0.4 is 0 Å². The summed E-state index contributed by atoms with van der Waals surface area (Å²) in [6.45, 7) is 0. The smallest absolute Gasteiger partial charge is 0.309 e. The number of ether oxygens (including phenoxy) is 2. The summed E-state index contributed by atoms with van der Waals surface area (Å²) in [6.07, 6.45) is -1.73. The summed E-state index contributed by atoms with van der Waals surface area (Å²) in [5, 5.41) is 9.15. The monoisotopic (exact) mass is 174 g/mol. The van der Waals surface area contributed by atoms with E-state index in [2.05, 4.69) is 9.47 Å². The first-order valence-electron chi connectivity index (χ1n) is 3.58. The standard InChI is InChI=1S/C7H10O5/c1-11-6(9)3-5-4(8)2-7(10)12-5/h4-5,8H,2-3H2,1H3. The Hall–Kier alpha value is -1.10. The van der Waals surface area contributed by atoms with Gasteiger partial charge in [-0.25, -0.2) is 0 Å². The van der Waals surface area contributed by atoms with Gasteiger partial charge in [-0.3, -0.25) is 9.59 Å². The second kappa shape index (κ2) is 3.53. The summed E-state index contributed by atoms with van der Waals surface area (Å²) < 4.78 is 9.01. The molecule has 5 heteroatoms. The normalized spacial score (nSPS) is 28.3. The molecule has 0 amide bonds. The molecule has 0 aromatic carbocycles. The van der Waals surface area contributed by atoms with Crippen molar-refractivity contribution in [2.75, 3.05) is 7.11 Å². The SMILES string of the molecule is COC(=O)CC1OC(=O)CC1O. The van der Waals surface area contributed by atoms with Crippen molar-refractivity contribution in [2.45, 2.75) is 25.0 Å². The van der Waals surface area contributed by atoms with Crippen molar-refractivity contribution in [1.82, 2.24) is 0 Å². The van der Waals surface area contributed by atoms with Gasteiger partial charge in [0.25, 0.3) is 0 Å². The lowest BCUT2D eigenvalue weighted by atomic mass is 10.1. The molecule has 0 bridgehead atoms. The zero-order valence-electron chi connectivity index (χ0n) is 6.65. The predicted octanol–water partition coefficient (Wildman–Crippen LogP) is -0.774. The minimum absolute atomic E-state index is 0.0400. The number of carbonyl (C=O) groups is 2. The number of aliphatic hydroxyl groups excluding tert-OH is 1. The molecular formula is C7H10O5. The zero-order chi connectivity index (χ0) is 9.14. The van der Waals surface area contributed by atoms with Gasteiger partial charge >= 0.3 is 11.9 Å². The summed E-state index contributed by atoms with van der Waals surface area (Å²) in [5.74, 6) is -0.967. The van der Waals surface area contributed by atoms with Crippen molar-refractivity contribution in [3.8, 4) is 0 Å². The Kier molecular flexibility index (Phi) is 2.65. The molecular weight excluding hydrogens is 164 g/mol. The quantitative estimate of drug-likeness (QED) is 0.556. The van der Waals surface area contributed by atoms with Gasteiger partial charge in [-0.1, -0.05) is 0 Å². The zero-order valence-corrected chi connectivity index (χ0v) is 6.65. The minimum Gasteiger partial charge on any atom is -0.469 e. The molecule has 0 spiro atoms. The maximum absolute atomic E-state index is 10.7. The average molecular weight is 174 g/mol. The highest BCUT2D eigenvalue weighted by atomic mass is 16.6. The van der Waals surface area contributed by atoms with E-state index in [4.69, 9.17) is 5.11 Å². The maximum atomic E-state index is 10.7. The van der Waals surface area contributed by atoms with Gasteiger partial charge in [0.2, 0.25) is 0 Å². The number of esters is 2. The molecule has 0 aromatic heterocycles. The first-order valence-corrected chi connectivity index (χ1v) is 3.58. The lowest BCUT2D eigenvalue weighted by Crippen LogP contribution is -2.24. The highest BCUT2D eigenvalue weighted by Crippen LogP contribution is 2.17. The van der Waals surface area contributed by atoms with Crippen molar-refractivity contribution in [1.29, 1.82) is 0 Å². The first-order chi connectivity index (χ1) is 5.63. The molecule has 1 N–H and O–H groups in total. The van der Waals surface area contributed by atoms with Crippen LogP contribution >= 0.6 is 0 Å². The summed E-state index contributed by atoms with van der Waals surface area (Å²) in [6, 6.07) is 0. The number of carbonyl (C=O) groups excluding carboxylic acids is 2. The summed E-state index contributed by atoms with van der Waals surface area (Å²) in [5.41, 5.74) is 0. The van der Waals surface area contributed by atoms with Gasteiger partial charge in [0.05, 0.1) is 20.0 Å². The molecule has 1 aliphatic heterocycles. The first kappa shape index (κ1) is 8.99. The van der Waals surface area contributed by atoms with Crippen molar-refractivity contribution < 1.29 is 24.2 Å². The van der Waals surface area contributed by atoms with Crippen LogP contribution in [-0.2, 0) is 19.1 Å². The van der Waals surface area contributed by atoms with Gasteiger partial charge in [-0.15, -0.1) is 0 Å². The second-order valence-corrected chi connectivity index (χ2v) is 2.58. The van der Waals surface area contributed by atoms with Crippen LogP contribution in [-0.4, -0.2) is 36.4 Å². The number of aliphatic hydroxyl groups is 1. The van der Waals surface area contributed by atoms with Crippen LogP contribution in [0.3, 0.4) is 0 Å². The second-order valence-electron chi connectivity index (χ2n) is 2.58. The molecule has 2 unspecified atom stereocenters. The highest BCUT2D eigenvalue weighted by Gasteiger charge is 2.34. The Labute approximate surface area is 69.3 Å². The number of hydrogen-bond acceptors (Lipinski definition) is 5. The predicted molar refractivity (Wildman–Crippen MR) is 37.1 cm³/mol. The molecule has 0 radical (unpaired) electrons. The molecule has 1 fully saturated rings. The summed E-state index contributed by atoms with van der Waals surface area (Å²) >= 11 is 0. The van der Waals surface area contributed by atoms with E-state index in [1.165, 1.54) is 7.11 Å². The third kappa shape index (κ3) is 1.94.